The molecule has 0 saturated carbocycles. The number of carbonyl (C=O) groups excluding carboxylic acids is 3. The fourth-order valence-corrected chi connectivity index (χ4v) is 5.05. The number of thiazole rings is 1. The Kier molecular flexibility index (Phi) is 7.78. The van der Waals surface area contributed by atoms with Crippen LogP contribution in [0.3, 0.4) is 0 Å². The lowest BCUT2D eigenvalue weighted by Crippen LogP contribution is -2.71. The van der Waals surface area contributed by atoms with Crippen molar-refractivity contribution < 1.29 is 34.2 Å². The maximum absolute atomic E-state index is 12.7. The van der Waals surface area contributed by atoms with Crippen molar-refractivity contribution in [1.82, 2.24) is 20.5 Å². The standard InChI is InChI=1S/C19H22N6O7S2/c1-8(2)21-19(30)32-5-3-4-9-6-33-16-12(15(27)25(16)13(9)17(28)29)23-14(26)11(24-31)10-7-34-18(20)22-10/h3-4,7-8,12,16,31H,5-6H2,1-2H3,(H2,20,22)(H,21,30)(H,23,26)(H,28,29)/b4-3-,24-11-/t12?,16-/m0/s1. The minimum atomic E-state index is -1.31. The molecule has 3 rings (SSSR count). The van der Waals surface area contributed by atoms with Crippen molar-refractivity contribution in [3.63, 3.8) is 0 Å². The molecule has 13 nitrogen and oxygen atoms in total. The van der Waals surface area contributed by atoms with E-state index >= 15 is 0 Å². The number of rotatable bonds is 8. The van der Waals surface area contributed by atoms with Gasteiger partial charge < -0.3 is 31.4 Å². The van der Waals surface area contributed by atoms with Gasteiger partial charge in [-0.1, -0.05) is 11.2 Å². The lowest BCUT2D eigenvalue weighted by Gasteiger charge is -2.49. The smallest absolute Gasteiger partial charge is 0.407 e. The number of allylic oxidation sites excluding steroid dienone is 1. The fraction of sp³-hybridized carbons (Fsp3) is 0.368. The number of oxime groups is 1. The second-order valence-corrected chi connectivity index (χ2v) is 9.35. The number of thioether (sulfide) groups is 1. The third kappa shape index (κ3) is 5.31. The van der Waals surface area contributed by atoms with E-state index in [2.05, 4.69) is 20.8 Å². The zero-order chi connectivity index (χ0) is 25.0. The summed E-state index contributed by atoms with van der Waals surface area (Å²) in [6, 6.07) is -1.11. The highest BCUT2D eigenvalue weighted by molar-refractivity contribution is 8.00. The lowest BCUT2D eigenvalue weighted by molar-refractivity contribution is -0.150. The number of carboxylic acid groups (broad SMARTS) is 1. The van der Waals surface area contributed by atoms with Gasteiger partial charge in [-0.25, -0.2) is 14.6 Å². The summed E-state index contributed by atoms with van der Waals surface area (Å²) in [5.74, 6) is -2.55. The summed E-state index contributed by atoms with van der Waals surface area (Å²) in [6.07, 6.45) is 2.36. The minimum Gasteiger partial charge on any atom is -0.477 e. The number of amides is 3. The molecule has 0 aliphatic carbocycles. The molecule has 3 heterocycles. The van der Waals surface area contributed by atoms with Crippen LogP contribution < -0.4 is 16.4 Å². The number of hydrogen-bond acceptors (Lipinski definition) is 11. The van der Waals surface area contributed by atoms with E-state index in [-0.39, 0.29) is 34.9 Å². The number of anilines is 1. The molecule has 3 amide bonds. The highest BCUT2D eigenvalue weighted by atomic mass is 32.2. The Morgan fingerprint density at radius 3 is 2.76 bits per heavy atom. The Morgan fingerprint density at radius 1 is 1.44 bits per heavy atom. The van der Waals surface area contributed by atoms with Gasteiger partial charge in [0.25, 0.3) is 11.8 Å². The zero-order valence-corrected chi connectivity index (χ0v) is 19.7. The third-order valence-electron chi connectivity index (χ3n) is 4.60. The summed E-state index contributed by atoms with van der Waals surface area (Å²) in [4.78, 5) is 53.6. The molecule has 6 N–H and O–H groups in total. The van der Waals surface area contributed by atoms with Crippen LogP contribution in [0.15, 0.2) is 34.0 Å². The first-order valence-electron chi connectivity index (χ1n) is 9.89. The number of aliphatic carboxylic acids is 1. The van der Waals surface area contributed by atoms with Crippen LogP contribution >= 0.6 is 23.1 Å². The van der Waals surface area contributed by atoms with E-state index in [1.807, 2.05) is 0 Å². The Morgan fingerprint density at radius 2 is 2.18 bits per heavy atom. The minimum absolute atomic E-state index is 0.0465. The summed E-state index contributed by atoms with van der Waals surface area (Å²) in [7, 11) is 0. The first kappa shape index (κ1) is 25.0. The van der Waals surface area contributed by atoms with Crippen LogP contribution in [0.2, 0.25) is 0 Å². The van der Waals surface area contributed by atoms with Crippen LogP contribution in [0.25, 0.3) is 0 Å². The van der Waals surface area contributed by atoms with Gasteiger partial charge in [-0.3, -0.25) is 14.5 Å². The highest BCUT2D eigenvalue weighted by Gasteiger charge is 2.54. The van der Waals surface area contributed by atoms with Crippen molar-refractivity contribution in [3.05, 3.63) is 34.5 Å². The van der Waals surface area contributed by atoms with Crippen molar-refractivity contribution in [3.8, 4) is 0 Å². The number of nitrogen functional groups attached to an aromatic ring is 1. The molecule has 15 heteroatoms. The molecule has 182 valence electrons. The first-order chi connectivity index (χ1) is 16.1. The molecule has 0 aromatic carbocycles. The van der Waals surface area contributed by atoms with E-state index in [0.29, 0.717) is 5.57 Å². The number of alkyl carbamates (subject to hydrolysis) is 1. The molecule has 1 aromatic heterocycles. The first-order valence-corrected chi connectivity index (χ1v) is 11.8. The summed E-state index contributed by atoms with van der Waals surface area (Å²) < 4.78 is 4.97. The van der Waals surface area contributed by atoms with Gasteiger partial charge in [0.1, 0.15) is 29.4 Å². The van der Waals surface area contributed by atoms with E-state index in [1.165, 1.54) is 29.3 Å². The predicted molar refractivity (Wildman–Crippen MR) is 123 cm³/mol. The van der Waals surface area contributed by atoms with Gasteiger partial charge in [0.2, 0.25) is 0 Å². The molecule has 0 radical (unpaired) electrons. The molecular formula is C19H22N6O7S2. The number of carboxylic acids is 1. The number of nitrogens with zero attached hydrogens (tertiary/aromatic N) is 3. The van der Waals surface area contributed by atoms with Gasteiger partial charge in [-0.05, 0) is 25.5 Å². The molecule has 1 fully saturated rings. The average Bonchev–Trinajstić information content (AvgIpc) is 3.20. The van der Waals surface area contributed by atoms with Crippen LogP contribution in [0, 0.1) is 0 Å². The van der Waals surface area contributed by atoms with Crippen LogP contribution in [0.1, 0.15) is 19.5 Å². The Labute approximate surface area is 201 Å². The lowest BCUT2D eigenvalue weighted by atomic mass is 10.0. The van der Waals surface area contributed by atoms with Gasteiger partial charge in [-0.2, -0.15) is 0 Å². The fourth-order valence-electron chi connectivity index (χ4n) is 3.18. The number of nitrogens with two attached hydrogens (primary N) is 1. The molecule has 1 unspecified atom stereocenters. The number of ether oxygens (including phenoxy) is 1. The summed E-state index contributed by atoms with van der Waals surface area (Å²) >= 11 is 2.30. The van der Waals surface area contributed by atoms with E-state index in [4.69, 9.17) is 10.5 Å². The number of aromatic nitrogens is 1. The molecule has 0 spiro atoms. The summed E-state index contributed by atoms with van der Waals surface area (Å²) in [5.41, 5.74) is 5.30. The number of hydrogen-bond donors (Lipinski definition) is 5. The highest BCUT2D eigenvalue weighted by Crippen LogP contribution is 2.40. The van der Waals surface area contributed by atoms with Crippen LogP contribution in [-0.4, -0.2) is 79.6 Å². The van der Waals surface area contributed by atoms with Crippen molar-refractivity contribution in [2.45, 2.75) is 31.3 Å². The largest absolute Gasteiger partial charge is 0.477 e. The van der Waals surface area contributed by atoms with Gasteiger partial charge in [-0.15, -0.1) is 23.1 Å². The van der Waals surface area contributed by atoms with Crippen molar-refractivity contribution >= 4 is 57.8 Å². The number of nitrogens with one attached hydrogen (secondary N) is 2. The maximum Gasteiger partial charge on any atom is 0.407 e. The molecule has 0 bridgehead atoms. The SMILES string of the molecule is CC(C)NC(=O)OC/C=C\C1=C(C(=O)O)N2C(=O)C(NC(=O)/C(=N\O)c3csc(N)n3)[C@@H]2SC1. The van der Waals surface area contributed by atoms with Gasteiger partial charge in [0.05, 0.1) is 0 Å². The van der Waals surface area contributed by atoms with Gasteiger partial charge in [0, 0.05) is 17.2 Å². The molecule has 34 heavy (non-hydrogen) atoms. The van der Waals surface area contributed by atoms with Crippen molar-refractivity contribution in [2.24, 2.45) is 5.16 Å². The summed E-state index contributed by atoms with van der Waals surface area (Å²) in [6.45, 7) is 3.48. The number of carbonyl (C=O) groups is 4. The second kappa shape index (κ2) is 10.6. The Bertz CT molecular complexity index is 1100. The maximum atomic E-state index is 12.7. The molecule has 2 aliphatic rings. The van der Waals surface area contributed by atoms with Crippen LogP contribution in [-0.2, 0) is 19.1 Å². The topological polar surface area (TPSA) is 197 Å². The second-order valence-electron chi connectivity index (χ2n) is 7.36. The Balaban J connectivity index is 1.68. The van der Waals surface area contributed by atoms with E-state index < -0.39 is 41.0 Å². The van der Waals surface area contributed by atoms with Gasteiger partial charge in [0.15, 0.2) is 10.8 Å². The molecule has 1 aromatic rings. The predicted octanol–water partition coefficient (Wildman–Crippen LogP) is 0.333. The molecular weight excluding hydrogens is 488 g/mol. The van der Waals surface area contributed by atoms with Gasteiger partial charge >= 0.3 is 12.1 Å². The zero-order valence-electron chi connectivity index (χ0n) is 18.0. The monoisotopic (exact) mass is 510 g/mol. The third-order valence-corrected chi connectivity index (χ3v) is 6.58. The van der Waals surface area contributed by atoms with Crippen LogP contribution in [0.4, 0.5) is 9.93 Å². The summed E-state index contributed by atoms with van der Waals surface area (Å²) in [5, 5.41) is 27.8. The molecule has 1 saturated heterocycles. The van der Waals surface area contributed by atoms with E-state index in [9.17, 15) is 29.5 Å². The van der Waals surface area contributed by atoms with Crippen molar-refractivity contribution in [2.75, 3.05) is 18.1 Å². The average molecular weight is 511 g/mol. The number of β-lactam (4-membered cyclic amide) rings is 1. The van der Waals surface area contributed by atoms with E-state index in [1.54, 1.807) is 13.8 Å². The Hall–Kier alpha value is -3.59. The molecule has 2 atom stereocenters. The van der Waals surface area contributed by atoms with E-state index in [0.717, 1.165) is 16.2 Å². The van der Waals surface area contributed by atoms with Crippen molar-refractivity contribution in [1.29, 1.82) is 0 Å². The molecule has 2 aliphatic heterocycles. The quantitative estimate of drug-likeness (QED) is 0.141. The number of fused-ring (bicyclic) bond motifs is 1. The van der Waals surface area contributed by atoms with Crippen LogP contribution in [0.5, 0.6) is 0 Å². The normalized spacial score (nSPS) is 20.3.